The molecule has 17 heavy (non-hydrogen) atoms. The highest BCUT2D eigenvalue weighted by Crippen LogP contribution is 2.18. The van der Waals surface area contributed by atoms with Crippen molar-refractivity contribution in [1.29, 1.82) is 0 Å². The van der Waals surface area contributed by atoms with Crippen LogP contribution in [0.4, 0.5) is 5.13 Å². The molecule has 1 aliphatic heterocycles. The summed E-state index contributed by atoms with van der Waals surface area (Å²) in [5, 5.41) is 14.4. The number of carbonyl (C=O) groups is 1. The first-order valence-electron chi connectivity index (χ1n) is 5.75. The van der Waals surface area contributed by atoms with Gasteiger partial charge >= 0.3 is 5.97 Å². The van der Waals surface area contributed by atoms with E-state index in [2.05, 4.69) is 10.3 Å². The third-order valence-electron chi connectivity index (χ3n) is 2.64. The van der Waals surface area contributed by atoms with E-state index in [-0.39, 0.29) is 12.5 Å². The van der Waals surface area contributed by atoms with Gasteiger partial charge in [0, 0.05) is 18.5 Å². The van der Waals surface area contributed by atoms with Crippen molar-refractivity contribution in [2.24, 2.45) is 0 Å². The maximum atomic E-state index is 10.5. The van der Waals surface area contributed by atoms with Gasteiger partial charge in [-0.1, -0.05) is 0 Å². The fraction of sp³-hybridized carbons (Fsp3) is 0.636. The minimum Gasteiger partial charge on any atom is -0.481 e. The maximum absolute atomic E-state index is 10.5. The molecule has 1 aromatic heterocycles. The Labute approximate surface area is 104 Å². The molecule has 0 aromatic carbocycles. The number of aromatic nitrogens is 1. The summed E-state index contributed by atoms with van der Waals surface area (Å²) in [6.45, 7) is 1.59. The van der Waals surface area contributed by atoms with Crippen LogP contribution in [0, 0.1) is 0 Å². The third kappa shape index (κ3) is 3.98. The zero-order chi connectivity index (χ0) is 12.1. The number of rotatable bonds is 5. The molecule has 2 heterocycles. The van der Waals surface area contributed by atoms with Gasteiger partial charge in [0.25, 0.3) is 0 Å². The van der Waals surface area contributed by atoms with Crippen molar-refractivity contribution in [2.75, 3.05) is 18.5 Å². The van der Waals surface area contributed by atoms with Gasteiger partial charge in [0.2, 0.25) is 0 Å². The highest BCUT2D eigenvalue weighted by atomic mass is 32.1. The Hall–Kier alpha value is -1.14. The molecule has 1 fully saturated rings. The van der Waals surface area contributed by atoms with Crippen molar-refractivity contribution in [2.45, 2.75) is 31.8 Å². The fourth-order valence-electron chi connectivity index (χ4n) is 1.79. The number of carboxylic acid groups (broad SMARTS) is 1. The summed E-state index contributed by atoms with van der Waals surface area (Å²) in [5.74, 6) is -0.850. The molecule has 2 rings (SSSR count). The van der Waals surface area contributed by atoms with E-state index in [1.54, 1.807) is 5.38 Å². The van der Waals surface area contributed by atoms with Gasteiger partial charge in [0.15, 0.2) is 5.13 Å². The quantitative estimate of drug-likeness (QED) is 0.839. The Bertz CT molecular complexity index is 375. The molecular formula is C11H16N2O3S. The van der Waals surface area contributed by atoms with Gasteiger partial charge in [-0.25, -0.2) is 4.98 Å². The lowest BCUT2D eigenvalue weighted by Gasteiger charge is -2.22. The molecular weight excluding hydrogens is 240 g/mol. The second-order valence-electron chi connectivity index (χ2n) is 4.08. The summed E-state index contributed by atoms with van der Waals surface area (Å²) in [6.07, 6.45) is 3.69. The zero-order valence-electron chi connectivity index (χ0n) is 9.52. The zero-order valence-corrected chi connectivity index (χ0v) is 10.3. The van der Waals surface area contributed by atoms with Crippen molar-refractivity contribution >= 4 is 22.4 Å². The maximum Gasteiger partial charge on any atom is 0.309 e. The van der Waals surface area contributed by atoms with E-state index >= 15 is 0 Å². The molecule has 1 atom stereocenters. The van der Waals surface area contributed by atoms with Crippen LogP contribution in [0.25, 0.3) is 0 Å². The largest absolute Gasteiger partial charge is 0.481 e. The highest BCUT2D eigenvalue weighted by Gasteiger charge is 2.14. The summed E-state index contributed by atoms with van der Waals surface area (Å²) < 4.78 is 5.59. The van der Waals surface area contributed by atoms with E-state index < -0.39 is 5.97 Å². The monoisotopic (exact) mass is 256 g/mol. The van der Waals surface area contributed by atoms with Crippen molar-refractivity contribution in [3.05, 3.63) is 11.1 Å². The van der Waals surface area contributed by atoms with Gasteiger partial charge < -0.3 is 15.2 Å². The van der Waals surface area contributed by atoms with E-state index in [4.69, 9.17) is 9.84 Å². The van der Waals surface area contributed by atoms with Gasteiger partial charge in [-0.3, -0.25) is 4.79 Å². The lowest BCUT2D eigenvalue weighted by molar-refractivity contribution is -0.136. The molecule has 1 unspecified atom stereocenters. The molecule has 0 bridgehead atoms. The van der Waals surface area contributed by atoms with E-state index in [0.29, 0.717) is 5.69 Å². The topological polar surface area (TPSA) is 71.5 Å². The van der Waals surface area contributed by atoms with Crippen LogP contribution in [0.1, 0.15) is 25.0 Å². The summed E-state index contributed by atoms with van der Waals surface area (Å²) in [5.41, 5.74) is 0.606. The predicted molar refractivity (Wildman–Crippen MR) is 65.5 cm³/mol. The summed E-state index contributed by atoms with van der Waals surface area (Å²) in [7, 11) is 0. The Kier molecular flexibility index (Phi) is 4.33. The highest BCUT2D eigenvalue weighted by molar-refractivity contribution is 7.13. The number of aliphatic carboxylic acids is 1. The van der Waals surface area contributed by atoms with Crippen LogP contribution in [0.15, 0.2) is 5.38 Å². The molecule has 2 N–H and O–H groups in total. The standard InChI is InChI=1S/C11H16N2O3S/c14-10(15)5-8-7-17-11(13-8)12-6-9-3-1-2-4-16-9/h7,9H,1-6H2,(H,12,13)(H,14,15). The fourth-order valence-corrected chi connectivity index (χ4v) is 2.51. The number of anilines is 1. The summed E-state index contributed by atoms with van der Waals surface area (Å²) in [4.78, 5) is 14.7. The van der Waals surface area contributed by atoms with Gasteiger partial charge in [0.05, 0.1) is 18.2 Å². The Balaban J connectivity index is 1.78. The molecule has 0 radical (unpaired) electrons. The number of hydrogen-bond acceptors (Lipinski definition) is 5. The van der Waals surface area contributed by atoms with Crippen LogP contribution >= 0.6 is 11.3 Å². The molecule has 0 aliphatic carbocycles. The lowest BCUT2D eigenvalue weighted by Crippen LogP contribution is -2.26. The first-order valence-corrected chi connectivity index (χ1v) is 6.63. The first kappa shape index (κ1) is 12.3. The molecule has 1 aromatic rings. The number of ether oxygens (including phenoxy) is 1. The smallest absolute Gasteiger partial charge is 0.309 e. The van der Waals surface area contributed by atoms with Crippen LogP contribution in [0.5, 0.6) is 0 Å². The van der Waals surface area contributed by atoms with E-state index in [1.165, 1.54) is 17.8 Å². The van der Waals surface area contributed by atoms with Gasteiger partial charge in [0.1, 0.15) is 0 Å². The van der Waals surface area contributed by atoms with E-state index in [1.807, 2.05) is 0 Å². The molecule has 0 saturated carbocycles. The minimum absolute atomic E-state index is 0.0158. The number of carboxylic acids is 1. The van der Waals surface area contributed by atoms with Crippen LogP contribution < -0.4 is 5.32 Å². The molecule has 0 amide bonds. The van der Waals surface area contributed by atoms with Gasteiger partial charge in [-0.2, -0.15) is 0 Å². The molecule has 1 saturated heterocycles. The van der Waals surface area contributed by atoms with Crippen LogP contribution in [0.3, 0.4) is 0 Å². The molecule has 0 spiro atoms. The minimum atomic E-state index is -0.850. The number of nitrogens with one attached hydrogen (secondary N) is 1. The Morgan fingerprint density at radius 2 is 2.53 bits per heavy atom. The third-order valence-corrected chi connectivity index (χ3v) is 3.49. The van der Waals surface area contributed by atoms with Crippen molar-refractivity contribution in [3.8, 4) is 0 Å². The van der Waals surface area contributed by atoms with E-state index in [0.717, 1.165) is 31.1 Å². The SMILES string of the molecule is O=C(O)Cc1csc(NCC2CCCCO2)n1. The van der Waals surface area contributed by atoms with E-state index in [9.17, 15) is 4.79 Å². The number of nitrogens with zero attached hydrogens (tertiary/aromatic N) is 1. The van der Waals surface area contributed by atoms with Crippen LogP contribution in [0.2, 0.25) is 0 Å². The molecule has 6 heteroatoms. The molecule has 5 nitrogen and oxygen atoms in total. The van der Waals surface area contributed by atoms with Gasteiger partial charge in [-0.15, -0.1) is 11.3 Å². The lowest BCUT2D eigenvalue weighted by atomic mass is 10.1. The molecule has 94 valence electrons. The average Bonchev–Trinajstić information content (AvgIpc) is 2.75. The average molecular weight is 256 g/mol. The number of hydrogen-bond donors (Lipinski definition) is 2. The number of thiazole rings is 1. The summed E-state index contributed by atoms with van der Waals surface area (Å²) in [6, 6.07) is 0. The van der Waals surface area contributed by atoms with Crippen molar-refractivity contribution in [3.63, 3.8) is 0 Å². The normalized spacial score (nSPS) is 20.1. The predicted octanol–water partition coefficient (Wildman–Crippen LogP) is 1.75. The Morgan fingerprint density at radius 1 is 1.65 bits per heavy atom. The second kappa shape index (κ2) is 5.97. The second-order valence-corrected chi connectivity index (χ2v) is 4.94. The first-order chi connectivity index (χ1) is 8.24. The van der Waals surface area contributed by atoms with Crippen LogP contribution in [-0.4, -0.2) is 35.3 Å². The van der Waals surface area contributed by atoms with Crippen molar-refractivity contribution in [1.82, 2.24) is 4.98 Å². The molecule has 1 aliphatic rings. The summed E-state index contributed by atoms with van der Waals surface area (Å²) >= 11 is 1.44. The Morgan fingerprint density at radius 3 is 3.24 bits per heavy atom. The van der Waals surface area contributed by atoms with Crippen LogP contribution in [-0.2, 0) is 16.0 Å². The van der Waals surface area contributed by atoms with Crippen molar-refractivity contribution < 1.29 is 14.6 Å². The van der Waals surface area contributed by atoms with Gasteiger partial charge in [-0.05, 0) is 19.3 Å².